The number of likely N-dealkylation sites (tertiary alicyclic amines) is 1. The quantitative estimate of drug-likeness (QED) is 0.895. The molecule has 0 amide bonds. The molecule has 1 atom stereocenters. The fourth-order valence-corrected chi connectivity index (χ4v) is 3.37. The molecule has 0 radical (unpaired) electrons. The minimum atomic E-state index is 0.573. The van der Waals surface area contributed by atoms with Gasteiger partial charge in [-0.05, 0) is 32.0 Å². The summed E-state index contributed by atoms with van der Waals surface area (Å²) < 4.78 is 0. The van der Waals surface area contributed by atoms with E-state index in [4.69, 9.17) is 0 Å². The van der Waals surface area contributed by atoms with Gasteiger partial charge < -0.3 is 10.2 Å². The molecule has 0 bridgehead atoms. The number of aromatic nitrogens is 1. The molecule has 2 saturated heterocycles. The highest BCUT2D eigenvalue weighted by Gasteiger charge is 2.28. The van der Waals surface area contributed by atoms with E-state index >= 15 is 0 Å². The lowest BCUT2D eigenvalue weighted by Crippen LogP contribution is -2.44. The summed E-state index contributed by atoms with van der Waals surface area (Å²) in [5, 5.41) is 3.41. The number of hydrogen-bond acceptors (Lipinski definition) is 4. The van der Waals surface area contributed by atoms with Crippen molar-refractivity contribution in [2.24, 2.45) is 0 Å². The fourth-order valence-electron chi connectivity index (χ4n) is 3.37. The SMILES string of the molecule is CCN1CCC[C@H]1c1cccnc1N1CCNCC1. The molecule has 4 heteroatoms. The van der Waals surface area contributed by atoms with Gasteiger partial charge in [-0.15, -0.1) is 0 Å². The van der Waals surface area contributed by atoms with Crippen LogP contribution >= 0.6 is 0 Å². The van der Waals surface area contributed by atoms with Gasteiger partial charge in [-0.2, -0.15) is 0 Å². The normalized spacial score (nSPS) is 24.9. The number of rotatable bonds is 3. The summed E-state index contributed by atoms with van der Waals surface area (Å²) in [5.41, 5.74) is 1.43. The van der Waals surface area contributed by atoms with Crippen molar-refractivity contribution in [1.29, 1.82) is 0 Å². The van der Waals surface area contributed by atoms with Crippen LogP contribution in [0.5, 0.6) is 0 Å². The Morgan fingerprint density at radius 1 is 1.32 bits per heavy atom. The van der Waals surface area contributed by atoms with E-state index in [0.29, 0.717) is 6.04 Å². The van der Waals surface area contributed by atoms with Gasteiger partial charge in [0.1, 0.15) is 5.82 Å². The first-order chi connectivity index (χ1) is 9.40. The number of anilines is 1. The molecule has 104 valence electrons. The summed E-state index contributed by atoms with van der Waals surface area (Å²) in [6.45, 7) is 8.92. The third-order valence-electron chi connectivity index (χ3n) is 4.36. The summed E-state index contributed by atoms with van der Waals surface area (Å²) in [6, 6.07) is 4.94. The Kier molecular flexibility index (Phi) is 3.99. The maximum atomic E-state index is 4.69. The Hall–Kier alpha value is -1.13. The standard InChI is InChI=1S/C15H24N4/c1-2-18-10-4-6-14(18)13-5-3-7-17-15(13)19-11-8-16-9-12-19/h3,5,7,14,16H,2,4,6,8-12H2,1H3/t14-/m0/s1. The van der Waals surface area contributed by atoms with Crippen LogP contribution in [0.1, 0.15) is 31.4 Å². The highest BCUT2D eigenvalue weighted by atomic mass is 15.2. The number of pyridine rings is 1. The Bertz CT molecular complexity index is 414. The van der Waals surface area contributed by atoms with Gasteiger partial charge in [0.25, 0.3) is 0 Å². The lowest BCUT2D eigenvalue weighted by atomic mass is 10.0. The van der Waals surface area contributed by atoms with Crippen molar-refractivity contribution >= 4 is 5.82 Å². The summed E-state index contributed by atoms with van der Waals surface area (Å²) in [4.78, 5) is 9.72. The van der Waals surface area contributed by atoms with E-state index in [2.05, 4.69) is 39.2 Å². The van der Waals surface area contributed by atoms with Gasteiger partial charge in [0, 0.05) is 44.0 Å². The molecule has 0 aromatic carbocycles. The third kappa shape index (κ3) is 2.60. The van der Waals surface area contributed by atoms with Crippen molar-refractivity contribution in [3.05, 3.63) is 23.9 Å². The van der Waals surface area contributed by atoms with Gasteiger partial charge in [0.15, 0.2) is 0 Å². The van der Waals surface area contributed by atoms with Gasteiger partial charge in [-0.3, -0.25) is 4.90 Å². The minimum Gasteiger partial charge on any atom is -0.354 e. The molecule has 0 saturated carbocycles. The predicted molar refractivity (Wildman–Crippen MR) is 78.5 cm³/mol. The Labute approximate surface area is 115 Å². The van der Waals surface area contributed by atoms with Crippen molar-refractivity contribution in [2.45, 2.75) is 25.8 Å². The molecule has 1 N–H and O–H groups in total. The minimum absolute atomic E-state index is 0.573. The maximum absolute atomic E-state index is 4.69. The largest absolute Gasteiger partial charge is 0.354 e. The summed E-state index contributed by atoms with van der Waals surface area (Å²) in [5.74, 6) is 1.22. The first kappa shape index (κ1) is 12.9. The van der Waals surface area contributed by atoms with Crippen LogP contribution in [-0.2, 0) is 0 Å². The molecule has 2 fully saturated rings. The molecule has 0 spiro atoms. The zero-order valence-electron chi connectivity index (χ0n) is 11.8. The average molecular weight is 260 g/mol. The first-order valence-electron chi connectivity index (χ1n) is 7.55. The van der Waals surface area contributed by atoms with E-state index in [0.717, 1.165) is 32.7 Å². The van der Waals surface area contributed by atoms with Crippen LogP contribution in [0.2, 0.25) is 0 Å². The molecule has 2 aliphatic heterocycles. The van der Waals surface area contributed by atoms with Crippen molar-refractivity contribution < 1.29 is 0 Å². The first-order valence-corrected chi connectivity index (χ1v) is 7.55. The molecule has 1 aromatic heterocycles. The van der Waals surface area contributed by atoms with Crippen LogP contribution in [0.4, 0.5) is 5.82 Å². The number of nitrogens with zero attached hydrogens (tertiary/aromatic N) is 3. The Balaban J connectivity index is 1.88. The van der Waals surface area contributed by atoms with E-state index in [1.54, 1.807) is 0 Å². The zero-order valence-corrected chi connectivity index (χ0v) is 11.8. The molecule has 19 heavy (non-hydrogen) atoms. The van der Waals surface area contributed by atoms with Crippen LogP contribution in [0, 0.1) is 0 Å². The lowest BCUT2D eigenvalue weighted by molar-refractivity contribution is 0.271. The summed E-state index contributed by atoms with van der Waals surface area (Å²) in [7, 11) is 0. The van der Waals surface area contributed by atoms with Crippen molar-refractivity contribution in [3.63, 3.8) is 0 Å². The van der Waals surface area contributed by atoms with Gasteiger partial charge in [-0.25, -0.2) is 4.98 Å². The van der Waals surface area contributed by atoms with Crippen LogP contribution in [0.3, 0.4) is 0 Å². The van der Waals surface area contributed by atoms with Crippen LogP contribution < -0.4 is 10.2 Å². The molecule has 3 heterocycles. The second-order valence-electron chi connectivity index (χ2n) is 5.44. The summed E-state index contributed by atoms with van der Waals surface area (Å²) >= 11 is 0. The predicted octanol–water partition coefficient (Wildman–Crippen LogP) is 1.65. The number of piperazine rings is 1. The van der Waals surface area contributed by atoms with Crippen LogP contribution in [0.25, 0.3) is 0 Å². The zero-order chi connectivity index (χ0) is 13.1. The third-order valence-corrected chi connectivity index (χ3v) is 4.36. The highest BCUT2D eigenvalue weighted by molar-refractivity contribution is 5.49. The molecule has 1 aromatic rings. The molecule has 0 aliphatic carbocycles. The van der Waals surface area contributed by atoms with E-state index in [-0.39, 0.29) is 0 Å². The number of hydrogen-bond donors (Lipinski definition) is 1. The average Bonchev–Trinajstić information content (AvgIpc) is 2.96. The van der Waals surface area contributed by atoms with Crippen LogP contribution in [0.15, 0.2) is 18.3 Å². The van der Waals surface area contributed by atoms with Crippen molar-refractivity contribution in [2.75, 3.05) is 44.2 Å². The molecule has 2 aliphatic rings. The van der Waals surface area contributed by atoms with E-state index in [1.807, 2.05) is 6.20 Å². The van der Waals surface area contributed by atoms with E-state index < -0.39 is 0 Å². The molecule has 4 nitrogen and oxygen atoms in total. The Morgan fingerprint density at radius 3 is 2.95 bits per heavy atom. The van der Waals surface area contributed by atoms with Gasteiger partial charge >= 0.3 is 0 Å². The molecule has 0 unspecified atom stereocenters. The highest BCUT2D eigenvalue weighted by Crippen LogP contribution is 2.35. The molecular weight excluding hydrogens is 236 g/mol. The topological polar surface area (TPSA) is 31.4 Å². The molecular formula is C15H24N4. The van der Waals surface area contributed by atoms with Gasteiger partial charge in [0.05, 0.1) is 0 Å². The maximum Gasteiger partial charge on any atom is 0.133 e. The number of nitrogens with one attached hydrogen (secondary N) is 1. The summed E-state index contributed by atoms with van der Waals surface area (Å²) in [6.07, 6.45) is 4.53. The van der Waals surface area contributed by atoms with Crippen molar-refractivity contribution in [1.82, 2.24) is 15.2 Å². The second-order valence-corrected chi connectivity index (χ2v) is 5.44. The Morgan fingerprint density at radius 2 is 2.16 bits per heavy atom. The smallest absolute Gasteiger partial charge is 0.133 e. The lowest BCUT2D eigenvalue weighted by Gasteiger charge is -2.32. The molecule has 3 rings (SSSR count). The van der Waals surface area contributed by atoms with E-state index in [1.165, 1.54) is 30.8 Å². The van der Waals surface area contributed by atoms with Crippen molar-refractivity contribution in [3.8, 4) is 0 Å². The van der Waals surface area contributed by atoms with E-state index in [9.17, 15) is 0 Å². The van der Waals surface area contributed by atoms with Gasteiger partial charge in [-0.1, -0.05) is 13.0 Å². The van der Waals surface area contributed by atoms with Gasteiger partial charge in [0.2, 0.25) is 0 Å². The monoisotopic (exact) mass is 260 g/mol. The second kappa shape index (κ2) is 5.88. The fraction of sp³-hybridized carbons (Fsp3) is 0.667. The van der Waals surface area contributed by atoms with Crippen LogP contribution in [-0.4, -0.2) is 49.2 Å².